The maximum Gasteiger partial charge on any atom is 0.231 e. The first-order chi connectivity index (χ1) is 11.7. The van der Waals surface area contributed by atoms with Crippen molar-refractivity contribution in [2.75, 3.05) is 26.9 Å². The fraction of sp³-hybridized carbons (Fsp3) is 0.722. The van der Waals surface area contributed by atoms with Crippen molar-refractivity contribution in [3.05, 3.63) is 23.7 Å². The second-order valence-electron chi connectivity index (χ2n) is 6.88. The van der Waals surface area contributed by atoms with Crippen LogP contribution in [0.4, 0.5) is 0 Å². The molecular formula is C18H25NO5. The number of likely N-dealkylation sites (tertiary alicyclic amines) is 1. The van der Waals surface area contributed by atoms with E-state index in [9.17, 15) is 4.79 Å². The van der Waals surface area contributed by atoms with Crippen LogP contribution in [0.1, 0.15) is 49.7 Å². The summed E-state index contributed by atoms with van der Waals surface area (Å²) in [6.45, 7) is 2.40. The van der Waals surface area contributed by atoms with Crippen molar-refractivity contribution < 1.29 is 23.4 Å². The molecule has 2 atom stereocenters. The summed E-state index contributed by atoms with van der Waals surface area (Å²) in [6.07, 6.45) is 4.58. The van der Waals surface area contributed by atoms with Crippen LogP contribution in [0.3, 0.4) is 0 Å². The molecule has 132 valence electrons. The van der Waals surface area contributed by atoms with Gasteiger partial charge in [0.25, 0.3) is 0 Å². The van der Waals surface area contributed by atoms with Crippen molar-refractivity contribution in [3.63, 3.8) is 0 Å². The van der Waals surface area contributed by atoms with Crippen molar-refractivity contribution in [2.45, 2.75) is 50.5 Å². The van der Waals surface area contributed by atoms with Gasteiger partial charge in [0.15, 0.2) is 5.79 Å². The molecule has 3 heterocycles. The van der Waals surface area contributed by atoms with E-state index < -0.39 is 5.79 Å². The highest BCUT2D eigenvalue weighted by atomic mass is 16.7. The van der Waals surface area contributed by atoms with E-state index in [4.69, 9.17) is 18.6 Å². The van der Waals surface area contributed by atoms with Gasteiger partial charge in [-0.15, -0.1) is 0 Å². The van der Waals surface area contributed by atoms with E-state index >= 15 is 0 Å². The molecule has 1 amide bonds. The molecule has 4 rings (SSSR count). The zero-order valence-corrected chi connectivity index (χ0v) is 14.2. The van der Waals surface area contributed by atoms with E-state index in [0.29, 0.717) is 19.8 Å². The first kappa shape index (κ1) is 16.1. The number of carbonyl (C=O) groups excluding carboxylic acids is 1. The molecule has 2 aliphatic heterocycles. The summed E-state index contributed by atoms with van der Waals surface area (Å²) in [7, 11) is 1.65. The lowest BCUT2D eigenvalue weighted by molar-refractivity contribution is -0.192. The fourth-order valence-electron chi connectivity index (χ4n) is 4.39. The van der Waals surface area contributed by atoms with Gasteiger partial charge >= 0.3 is 0 Å². The molecule has 2 saturated heterocycles. The zero-order chi connectivity index (χ0) is 16.6. The summed E-state index contributed by atoms with van der Waals surface area (Å²) < 4.78 is 22.7. The Kier molecular flexibility index (Phi) is 4.37. The molecule has 1 spiro atoms. The van der Waals surface area contributed by atoms with Crippen LogP contribution in [0.15, 0.2) is 16.5 Å². The molecule has 0 aromatic carbocycles. The summed E-state index contributed by atoms with van der Waals surface area (Å²) in [6, 6.07) is 3.92. The second-order valence-corrected chi connectivity index (χ2v) is 6.88. The van der Waals surface area contributed by atoms with E-state index in [1.807, 2.05) is 17.0 Å². The predicted molar refractivity (Wildman–Crippen MR) is 85.1 cm³/mol. The molecular weight excluding hydrogens is 310 g/mol. The van der Waals surface area contributed by atoms with Crippen molar-refractivity contribution in [2.24, 2.45) is 5.92 Å². The first-order valence-corrected chi connectivity index (χ1v) is 8.89. The molecule has 0 N–H and O–H groups in total. The second kappa shape index (κ2) is 6.50. The van der Waals surface area contributed by atoms with Crippen molar-refractivity contribution in [3.8, 4) is 0 Å². The van der Waals surface area contributed by atoms with E-state index in [1.54, 1.807) is 7.11 Å². The predicted octanol–water partition coefficient (Wildman–Crippen LogP) is 2.63. The van der Waals surface area contributed by atoms with Gasteiger partial charge in [-0.3, -0.25) is 4.79 Å². The highest BCUT2D eigenvalue weighted by Crippen LogP contribution is 2.45. The number of nitrogens with zero attached hydrogens (tertiary/aromatic N) is 1. The lowest BCUT2D eigenvalue weighted by Gasteiger charge is -2.33. The molecule has 1 aromatic rings. The standard InChI is InChI=1S/C18H25NO5/c1-21-12-13-6-7-16(24-13)15-5-3-9-19(15)17(20)14-4-2-8-18(14)22-10-11-23-18/h6-7,14-15H,2-5,8-12H2,1H3/t14-,15-/m0/s1. The summed E-state index contributed by atoms with van der Waals surface area (Å²) in [5.74, 6) is 0.949. The number of carbonyl (C=O) groups is 1. The lowest BCUT2D eigenvalue weighted by atomic mass is 9.99. The Labute approximate surface area is 142 Å². The maximum atomic E-state index is 13.2. The number of methoxy groups -OCH3 is 1. The molecule has 24 heavy (non-hydrogen) atoms. The monoisotopic (exact) mass is 335 g/mol. The van der Waals surface area contributed by atoms with Crippen LogP contribution in [0.2, 0.25) is 0 Å². The Morgan fingerprint density at radius 2 is 2.12 bits per heavy atom. The van der Waals surface area contributed by atoms with Gasteiger partial charge in [-0.2, -0.15) is 0 Å². The van der Waals surface area contributed by atoms with Gasteiger partial charge in [0, 0.05) is 20.1 Å². The highest BCUT2D eigenvalue weighted by molar-refractivity contribution is 5.81. The maximum absolute atomic E-state index is 13.2. The van der Waals surface area contributed by atoms with Crippen molar-refractivity contribution >= 4 is 5.91 Å². The van der Waals surface area contributed by atoms with Crippen LogP contribution in [-0.2, 0) is 25.6 Å². The summed E-state index contributed by atoms with van der Waals surface area (Å²) in [4.78, 5) is 15.2. The normalized spacial score (nSPS) is 29.0. The largest absolute Gasteiger partial charge is 0.461 e. The zero-order valence-electron chi connectivity index (χ0n) is 14.2. The fourth-order valence-corrected chi connectivity index (χ4v) is 4.39. The lowest BCUT2D eigenvalue weighted by Crippen LogP contribution is -2.46. The molecule has 1 saturated carbocycles. The van der Waals surface area contributed by atoms with Gasteiger partial charge in [0.05, 0.1) is 25.2 Å². The number of furan rings is 1. The molecule has 3 aliphatic rings. The molecule has 3 fully saturated rings. The van der Waals surface area contributed by atoms with Gasteiger partial charge < -0.3 is 23.5 Å². The third-order valence-corrected chi connectivity index (χ3v) is 5.46. The average Bonchev–Trinajstić information content (AvgIpc) is 3.35. The average molecular weight is 335 g/mol. The molecule has 1 aliphatic carbocycles. The Bertz CT molecular complexity index is 586. The minimum Gasteiger partial charge on any atom is -0.461 e. The third kappa shape index (κ3) is 2.66. The van der Waals surface area contributed by atoms with Crippen LogP contribution in [0.5, 0.6) is 0 Å². The molecule has 6 heteroatoms. The van der Waals surface area contributed by atoms with E-state index in [2.05, 4.69) is 0 Å². The van der Waals surface area contributed by atoms with E-state index in [1.165, 1.54) is 0 Å². The van der Waals surface area contributed by atoms with Crippen LogP contribution in [0, 0.1) is 5.92 Å². The Morgan fingerprint density at radius 3 is 2.92 bits per heavy atom. The van der Waals surface area contributed by atoms with Gasteiger partial charge in [-0.05, 0) is 37.8 Å². The third-order valence-electron chi connectivity index (χ3n) is 5.46. The number of rotatable bonds is 4. The highest BCUT2D eigenvalue weighted by Gasteiger charge is 2.53. The van der Waals surface area contributed by atoms with E-state index in [-0.39, 0.29) is 17.9 Å². The number of ether oxygens (including phenoxy) is 3. The Morgan fingerprint density at radius 1 is 1.29 bits per heavy atom. The van der Waals surface area contributed by atoms with Gasteiger partial charge in [-0.1, -0.05) is 0 Å². The Hall–Kier alpha value is -1.37. The van der Waals surface area contributed by atoms with Crippen LogP contribution in [0.25, 0.3) is 0 Å². The van der Waals surface area contributed by atoms with Crippen molar-refractivity contribution in [1.82, 2.24) is 4.90 Å². The van der Waals surface area contributed by atoms with Gasteiger partial charge in [0.2, 0.25) is 5.91 Å². The quantitative estimate of drug-likeness (QED) is 0.846. The molecule has 0 unspecified atom stereocenters. The first-order valence-electron chi connectivity index (χ1n) is 8.89. The number of hydrogen-bond donors (Lipinski definition) is 0. The number of amides is 1. The smallest absolute Gasteiger partial charge is 0.231 e. The van der Waals surface area contributed by atoms with Crippen molar-refractivity contribution in [1.29, 1.82) is 0 Å². The summed E-state index contributed by atoms with van der Waals surface area (Å²) >= 11 is 0. The molecule has 0 bridgehead atoms. The topological polar surface area (TPSA) is 61.1 Å². The summed E-state index contributed by atoms with van der Waals surface area (Å²) in [5.41, 5.74) is 0. The van der Waals surface area contributed by atoms with Crippen LogP contribution >= 0.6 is 0 Å². The van der Waals surface area contributed by atoms with Crippen LogP contribution < -0.4 is 0 Å². The number of hydrogen-bond acceptors (Lipinski definition) is 5. The summed E-state index contributed by atoms with van der Waals surface area (Å²) in [5, 5.41) is 0. The van der Waals surface area contributed by atoms with Gasteiger partial charge in [-0.25, -0.2) is 0 Å². The van der Waals surface area contributed by atoms with Gasteiger partial charge in [0.1, 0.15) is 18.1 Å². The SMILES string of the molecule is COCc1ccc([C@@H]2CCCN2C(=O)[C@@H]2CCCC23OCCO3)o1. The molecule has 0 radical (unpaired) electrons. The Balaban J connectivity index is 1.52. The minimum absolute atomic E-state index is 0.0159. The minimum atomic E-state index is -0.672. The molecule has 6 nitrogen and oxygen atoms in total. The van der Waals surface area contributed by atoms with Crippen LogP contribution in [-0.4, -0.2) is 43.5 Å². The van der Waals surface area contributed by atoms with E-state index in [0.717, 1.165) is 50.2 Å². The molecule has 1 aromatic heterocycles.